The molecule has 3 amide bonds. The van der Waals surface area contributed by atoms with Crippen LogP contribution in [0.1, 0.15) is 45.0 Å². The summed E-state index contributed by atoms with van der Waals surface area (Å²) >= 11 is 1.22. The molecule has 4 rings (SSSR count). The normalized spacial score (nSPS) is 12.5. The van der Waals surface area contributed by atoms with Gasteiger partial charge in [-0.1, -0.05) is 36.3 Å². The second kappa shape index (κ2) is 12.4. The Kier molecular flexibility index (Phi) is 8.77. The maximum atomic E-state index is 13.4. The molecule has 2 heterocycles. The molecule has 0 aliphatic rings. The predicted molar refractivity (Wildman–Crippen MR) is 142 cm³/mol. The van der Waals surface area contributed by atoms with Crippen molar-refractivity contribution in [3.63, 3.8) is 0 Å². The van der Waals surface area contributed by atoms with Crippen LogP contribution in [0.25, 0.3) is 10.2 Å². The summed E-state index contributed by atoms with van der Waals surface area (Å²) in [6, 6.07) is 12.2. The van der Waals surface area contributed by atoms with Crippen molar-refractivity contribution >= 4 is 45.1 Å². The number of carbonyl (C=O) groups excluding carboxylic acids is 4. The average molecular weight is 552 g/mol. The number of Topliss-reactive ketones (excluding diaryl/α,β-unsaturated/α-hetero) is 1. The summed E-state index contributed by atoms with van der Waals surface area (Å²) in [6.07, 6.45) is 0.259. The van der Waals surface area contributed by atoms with Gasteiger partial charge >= 0.3 is 0 Å². The van der Waals surface area contributed by atoms with Crippen molar-refractivity contribution in [2.24, 2.45) is 0 Å². The highest BCUT2D eigenvalue weighted by molar-refractivity contribution is 7.20. The van der Waals surface area contributed by atoms with Crippen molar-refractivity contribution < 1.29 is 28.1 Å². The number of hydrogen-bond donors (Lipinski definition) is 3. The number of nitrogens with one attached hydrogen (secondary N) is 3. The number of rotatable bonds is 11. The number of ketones is 1. The molecular formula is C27H26FN5O5S. The van der Waals surface area contributed by atoms with Gasteiger partial charge in [-0.3, -0.25) is 19.2 Å². The fraction of sp³-hybridized carbons (Fsp3) is 0.259. The zero-order chi connectivity index (χ0) is 27.9. The van der Waals surface area contributed by atoms with Crippen LogP contribution in [0, 0.1) is 12.7 Å². The minimum Gasteiger partial charge on any atom is -0.361 e. The molecule has 10 nitrogen and oxygen atoms in total. The van der Waals surface area contributed by atoms with Gasteiger partial charge in [0, 0.05) is 12.5 Å². The number of aryl methyl sites for hydroxylation is 1. The van der Waals surface area contributed by atoms with E-state index in [-0.39, 0.29) is 35.9 Å². The van der Waals surface area contributed by atoms with E-state index in [2.05, 4.69) is 26.1 Å². The van der Waals surface area contributed by atoms with Gasteiger partial charge in [-0.25, -0.2) is 9.37 Å². The number of carbonyl (C=O) groups is 4. The van der Waals surface area contributed by atoms with Crippen molar-refractivity contribution in [2.75, 3.05) is 6.54 Å². The highest BCUT2D eigenvalue weighted by atomic mass is 32.1. The fourth-order valence-corrected chi connectivity index (χ4v) is 4.66. The number of halogens is 1. The second-order valence-electron chi connectivity index (χ2n) is 8.78. The zero-order valence-corrected chi connectivity index (χ0v) is 22.0. The van der Waals surface area contributed by atoms with Gasteiger partial charge in [0.2, 0.25) is 17.6 Å². The maximum Gasteiger partial charge on any atom is 0.274 e. The van der Waals surface area contributed by atoms with E-state index in [1.54, 1.807) is 19.9 Å². The molecule has 0 fully saturated rings. The highest BCUT2D eigenvalue weighted by Crippen LogP contribution is 2.21. The maximum absolute atomic E-state index is 13.4. The van der Waals surface area contributed by atoms with E-state index in [9.17, 15) is 23.6 Å². The number of hydrogen-bond acceptors (Lipinski definition) is 8. The lowest BCUT2D eigenvalue weighted by Gasteiger charge is -2.22. The largest absolute Gasteiger partial charge is 0.361 e. The zero-order valence-electron chi connectivity index (χ0n) is 21.2. The average Bonchev–Trinajstić information content (AvgIpc) is 3.57. The van der Waals surface area contributed by atoms with Crippen LogP contribution >= 0.6 is 11.3 Å². The van der Waals surface area contributed by atoms with Gasteiger partial charge in [0.05, 0.1) is 16.8 Å². The first-order chi connectivity index (χ1) is 18.7. The molecule has 0 aliphatic heterocycles. The number of aromatic nitrogens is 2. The molecule has 2 aromatic carbocycles. The van der Waals surface area contributed by atoms with E-state index in [4.69, 9.17) is 4.52 Å². The lowest BCUT2D eigenvalue weighted by molar-refractivity contribution is -0.129. The predicted octanol–water partition coefficient (Wildman–Crippen LogP) is 2.97. The third-order valence-corrected chi connectivity index (χ3v) is 6.91. The SMILES string of the molecule is CC[C@H](NC(=O)c1cc(C)on1)C(=O)N[C@@H](Cc1ccc(F)cc1)C(=O)NCC(=O)c1nc2ccccc2s1. The first-order valence-electron chi connectivity index (χ1n) is 12.2. The van der Waals surface area contributed by atoms with Crippen molar-refractivity contribution in [1.82, 2.24) is 26.1 Å². The molecule has 0 unspecified atom stereocenters. The fourth-order valence-electron chi connectivity index (χ4n) is 3.75. The van der Waals surface area contributed by atoms with Crippen LogP contribution in [0.5, 0.6) is 0 Å². The quantitative estimate of drug-likeness (QED) is 0.243. The summed E-state index contributed by atoms with van der Waals surface area (Å²) in [5, 5.41) is 11.7. The Morgan fingerprint density at radius 2 is 1.74 bits per heavy atom. The minimum atomic E-state index is -1.11. The van der Waals surface area contributed by atoms with Crippen molar-refractivity contribution in [2.45, 2.75) is 38.8 Å². The van der Waals surface area contributed by atoms with Gasteiger partial charge in [0.25, 0.3) is 5.91 Å². The molecule has 0 saturated carbocycles. The van der Waals surface area contributed by atoms with Crippen LogP contribution in [0.3, 0.4) is 0 Å². The molecule has 0 radical (unpaired) electrons. The molecule has 0 spiro atoms. The van der Waals surface area contributed by atoms with E-state index < -0.39 is 35.6 Å². The molecule has 0 bridgehead atoms. The van der Waals surface area contributed by atoms with Gasteiger partial charge in [0.1, 0.15) is 23.7 Å². The van der Waals surface area contributed by atoms with Crippen LogP contribution < -0.4 is 16.0 Å². The summed E-state index contributed by atoms with van der Waals surface area (Å²) < 4.78 is 19.2. The Bertz CT molecular complexity index is 1470. The van der Waals surface area contributed by atoms with Crippen molar-refractivity contribution in [3.05, 3.63) is 82.4 Å². The lowest BCUT2D eigenvalue weighted by atomic mass is 10.0. The molecular weight excluding hydrogens is 525 g/mol. The Hall–Kier alpha value is -4.45. The molecule has 2 atom stereocenters. The molecule has 0 saturated heterocycles. The summed E-state index contributed by atoms with van der Waals surface area (Å²) in [5.41, 5.74) is 1.30. The summed E-state index contributed by atoms with van der Waals surface area (Å²) in [7, 11) is 0. The van der Waals surface area contributed by atoms with Gasteiger partial charge in [0.15, 0.2) is 10.7 Å². The first kappa shape index (κ1) is 27.6. The van der Waals surface area contributed by atoms with Crippen LogP contribution in [0.2, 0.25) is 0 Å². The molecule has 39 heavy (non-hydrogen) atoms. The molecule has 2 aromatic heterocycles. The Balaban J connectivity index is 1.44. The lowest BCUT2D eigenvalue weighted by Crippen LogP contribution is -2.54. The number of benzene rings is 2. The molecule has 0 aliphatic carbocycles. The summed E-state index contributed by atoms with van der Waals surface area (Å²) in [5.74, 6) is -2.20. The topological polar surface area (TPSA) is 143 Å². The van der Waals surface area contributed by atoms with Crippen molar-refractivity contribution in [1.29, 1.82) is 0 Å². The summed E-state index contributed by atoms with van der Waals surface area (Å²) in [4.78, 5) is 55.7. The molecule has 202 valence electrons. The third-order valence-electron chi connectivity index (χ3n) is 5.83. The van der Waals surface area contributed by atoms with Gasteiger partial charge in [-0.2, -0.15) is 0 Å². The number of para-hydroxylation sites is 1. The molecule has 12 heteroatoms. The second-order valence-corrected chi connectivity index (χ2v) is 9.81. The number of fused-ring (bicyclic) bond motifs is 1. The summed E-state index contributed by atoms with van der Waals surface area (Å²) in [6.45, 7) is 3.01. The Labute approximate surface area is 227 Å². The smallest absolute Gasteiger partial charge is 0.274 e. The van der Waals surface area contributed by atoms with E-state index in [0.29, 0.717) is 16.8 Å². The van der Waals surface area contributed by atoms with E-state index >= 15 is 0 Å². The Morgan fingerprint density at radius 3 is 2.41 bits per heavy atom. The first-order valence-corrected chi connectivity index (χ1v) is 13.0. The molecule has 3 N–H and O–H groups in total. The highest BCUT2D eigenvalue weighted by Gasteiger charge is 2.27. The standard InChI is InChI=1S/C27H26FN5O5S/c1-3-18(30-26(37)21-12-15(2)38-33-21)25(36)31-20(13-16-8-10-17(28)11-9-16)24(35)29-14-22(34)27-32-19-6-4-5-7-23(19)39-27/h4-12,18,20H,3,13-14H2,1-2H3,(H,29,35)(H,30,37)(H,31,36)/t18-,20-/m0/s1. The van der Waals surface area contributed by atoms with Crippen LogP contribution in [0.4, 0.5) is 4.39 Å². The van der Waals surface area contributed by atoms with Gasteiger partial charge in [-0.05, 0) is 43.2 Å². The van der Waals surface area contributed by atoms with E-state index in [1.807, 2.05) is 18.2 Å². The van der Waals surface area contributed by atoms with Gasteiger partial charge < -0.3 is 20.5 Å². The minimum absolute atomic E-state index is 0.0210. The third kappa shape index (κ3) is 7.11. The van der Waals surface area contributed by atoms with E-state index in [0.717, 1.165) is 4.70 Å². The number of nitrogens with zero attached hydrogens (tertiary/aromatic N) is 2. The van der Waals surface area contributed by atoms with E-state index in [1.165, 1.54) is 41.7 Å². The van der Waals surface area contributed by atoms with Crippen molar-refractivity contribution in [3.8, 4) is 0 Å². The van der Waals surface area contributed by atoms with Crippen LogP contribution in [-0.2, 0) is 16.0 Å². The number of amides is 3. The molecule has 4 aromatic rings. The number of thiazole rings is 1. The van der Waals surface area contributed by atoms with Crippen LogP contribution in [0.15, 0.2) is 59.1 Å². The van der Waals surface area contributed by atoms with Crippen LogP contribution in [-0.4, -0.2) is 52.3 Å². The van der Waals surface area contributed by atoms with Gasteiger partial charge in [-0.15, -0.1) is 11.3 Å². The monoisotopic (exact) mass is 551 g/mol. The Morgan fingerprint density at radius 1 is 1.00 bits per heavy atom.